The molecule has 0 aliphatic rings. The van der Waals surface area contributed by atoms with Crippen LogP contribution in [0.1, 0.15) is 5.56 Å². The molecule has 0 radical (unpaired) electrons. The van der Waals surface area contributed by atoms with Gasteiger partial charge in [-0.05, 0) is 30.7 Å². The molecule has 3 nitrogen and oxygen atoms in total. The Morgan fingerprint density at radius 3 is 2.59 bits per heavy atom. The summed E-state index contributed by atoms with van der Waals surface area (Å²) in [5, 5.41) is 0.499. The van der Waals surface area contributed by atoms with Crippen molar-refractivity contribution in [3.8, 4) is 11.5 Å². The molecule has 0 aliphatic carbocycles. The van der Waals surface area contributed by atoms with Crippen molar-refractivity contribution in [2.45, 2.75) is 6.42 Å². The molecule has 0 fully saturated rings. The number of ether oxygens (including phenoxy) is 1. The van der Waals surface area contributed by atoms with Crippen LogP contribution in [0.5, 0.6) is 11.5 Å². The number of hydrogen-bond donors (Lipinski definition) is 1. The lowest BCUT2D eigenvalue weighted by atomic mass is 10.1. The quantitative estimate of drug-likeness (QED) is 0.905. The molecule has 1 aromatic carbocycles. The van der Waals surface area contributed by atoms with Crippen LogP contribution < -0.4 is 10.5 Å². The van der Waals surface area contributed by atoms with E-state index in [1.807, 2.05) is 24.3 Å². The minimum Gasteiger partial charge on any atom is -0.456 e. The molecule has 0 amide bonds. The van der Waals surface area contributed by atoms with E-state index in [0.29, 0.717) is 17.3 Å². The Morgan fingerprint density at radius 2 is 1.94 bits per heavy atom. The third-order valence-corrected chi connectivity index (χ3v) is 2.60. The van der Waals surface area contributed by atoms with Gasteiger partial charge in [0.25, 0.3) is 0 Å². The van der Waals surface area contributed by atoms with Gasteiger partial charge in [-0.15, -0.1) is 0 Å². The summed E-state index contributed by atoms with van der Waals surface area (Å²) >= 11 is 5.95. The van der Waals surface area contributed by atoms with Crippen LogP contribution in [0.15, 0.2) is 42.7 Å². The SMILES string of the molecule is NCCc1ccc(Oc2ccncc2Cl)cc1. The van der Waals surface area contributed by atoms with Crippen molar-refractivity contribution < 1.29 is 4.74 Å². The predicted octanol–water partition coefficient (Wildman–Crippen LogP) is 3.03. The molecule has 0 aliphatic heterocycles. The number of benzene rings is 1. The van der Waals surface area contributed by atoms with Gasteiger partial charge in [0.2, 0.25) is 0 Å². The number of halogens is 1. The summed E-state index contributed by atoms with van der Waals surface area (Å²) in [6.07, 6.45) is 4.07. The van der Waals surface area contributed by atoms with Crippen LogP contribution in [0, 0.1) is 0 Å². The Labute approximate surface area is 105 Å². The van der Waals surface area contributed by atoms with E-state index in [0.717, 1.165) is 12.2 Å². The number of nitrogens with two attached hydrogens (primary N) is 1. The summed E-state index contributed by atoms with van der Waals surface area (Å²) in [5.74, 6) is 1.35. The van der Waals surface area contributed by atoms with Gasteiger partial charge in [0, 0.05) is 18.5 Å². The summed E-state index contributed by atoms with van der Waals surface area (Å²) < 4.78 is 5.64. The van der Waals surface area contributed by atoms with Gasteiger partial charge in [-0.3, -0.25) is 4.98 Å². The van der Waals surface area contributed by atoms with E-state index in [-0.39, 0.29) is 0 Å². The third kappa shape index (κ3) is 3.19. The largest absolute Gasteiger partial charge is 0.456 e. The predicted molar refractivity (Wildman–Crippen MR) is 68.5 cm³/mol. The maximum atomic E-state index is 5.95. The van der Waals surface area contributed by atoms with Crippen LogP contribution in [-0.4, -0.2) is 11.5 Å². The van der Waals surface area contributed by atoms with Gasteiger partial charge >= 0.3 is 0 Å². The minimum atomic E-state index is 0.499. The summed E-state index contributed by atoms with van der Waals surface area (Å²) in [6.45, 7) is 0.649. The standard InChI is InChI=1S/C13H13ClN2O/c14-12-9-16-8-6-13(12)17-11-3-1-10(2-4-11)5-7-15/h1-4,6,8-9H,5,7,15H2. The average Bonchev–Trinajstić information content (AvgIpc) is 2.35. The van der Waals surface area contributed by atoms with Crippen LogP contribution in [-0.2, 0) is 6.42 Å². The molecule has 88 valence electrons. The van der Waals surface area contributed by atoms with E-state index >= 15 is 0 Å². The number of nitrogens with zero attached hydrogens (tertiary/aromatic N) is 1. The van der Waals surface area contributed by atoms with Crippen molar-refractivity contribution in [3.63, 3.8) is 0 Å². The molecule has 0 spiro atoms. The van der Waals surface area contributed by atoms with Crippen LogP contribution in [0.2, 0.25) is 5.02 Å². The zero-order chi connectivity index (χ0) is 12.1. The van der Waals surface area contributed by atoms with Gasteiger partial charge in [-0.1, -0.05) is 23.7 Å². The number of pyridine rings is 1. The first kappa shape index (κ1) is 11.9. The molecule has 1 aromatic heterocycles. The fourth-order valence-electron chi connectivity index (χ4n) is 1.46. The summed E-state index contributed by atoms with van der Waals surface area (Å²) in [7, 11) is 0. The number of rotatable bonds is 4. The topological polar surface area (TPSA) is 48.1 Å². The van der Waals surface area contributed by atoms with Crippen molar-refractivity contribution in [1.29, 1.82) is 0 Å². The van der Waals surface area contributed by atoms with E-state index in [4.69, 9.17) is 22.1 Å². The van der Waals surface area contributed by atoms with E-state index in [2.05, 4.69) is 4.98 Å². The van der Waals surface area contributed by atoms with Gasteiger partial charge in [0.15, 0.2) is 0 Å². The lowest BCUT2D eigenvalue weighted by molar-refractivity contribution is 0.482. The molecule has 4 heteroatoms. The number of aromatic nitrogens is 1. The molecular weight excluding hydrogens is 236 g/mol. The van der Waals surface area contributed by atoms with Crippen LogP contribution >= 0.6 is 11.6 Å². The van der Waals surface area contributed by atoms with Crippen LogP contribution in [0.3, 0.4) is 0 Å². The van der Waals surface area contributed by atoms with Crippen molar-refractivity contribution >= 4 is 11.6 Å². The van der Waals surface area contributed by atoms with Gasteiger partial charge in [-0.2, -0.15) is 0 Å². The highest BCUT2D eigenvalue weighted by Gasteiger charge is 2.02. The fourth-order valence-corrected chi connectivity index (χ4v) is 1.62. The van der Waals surface area contributed by atoms with Crippen molar-refractivity contribution in [1.82, 2.24) is 4.98 Å². The highest BCUT2D eigenvalue weighted by molar-refractivity contribution is 6.31. The normalized spacial score (nSPS) is 10.2. The monoisotopic (exact) mass is 248 g/mol. The summed E-state index contributed by atoms with van der Waals surface area (Å²) in [4.78, 5) is 3.90. The molecule has 2 rings (SSSR count). The maximum absolute atomic E-state index is 5.95. The second-order valence-corrected chi connectivity index (χ2v) is 4.00. The first-order chi connectivity index (χ1) is 8.29. The molecule has 2 aromatic rings. The van der Waals surface area contributed by atoms with Gasteiger partial charge in [0.1, 0.15) is 16.5 Å². The Hall–Kier alpha value is -1.58. The molecule has 0 unspecified atom stereocenters. The van der Waals surface area contributed by atoms with Crippen LogP contribution in [0.25, 0.3) is 0 Å². The zero-order valence-corrected chi connectivity index (χ0v) is 10.0. The van der Waals surface area contributed by atoms with Crippen molar-refractivity contribution in [3.05, 3.63) is 53.3 Å². The molecule has 17 heavy (non-hydrogen) atoms. The van der Waals surface area contributed by atoms with Crippen LogP contribution in [0.4, 0.5) is 0 Å². The summed E-state index contributed by atoms with van der Waals surface area (Å²) in [5.41, 5.74) is 6.68. The Balaban J connectivity index is 2.11. The maximum Gasteiger partial charge on any atom is 0.149 e. The molecule has 0 saturated heterocycles. The molecule has 0 saturated carbocycles. The fraction of sp³-hybridized carbons (Fsp3) is 0.154. The first-order valence-electron chi connectivity index (χ1n) is 5.36. The van der Waals surface area contributed by atoms with Gasteiger partial charge < -0.3 is 10.5 Å². The second-order valence-electron chi connectivity index (χ2n) is 3.59. The van der Waals surface area contributed by atoms with E-state index in [9.17, 15) is 0 Å². The van der Waals surface area contributed by atoms with Gasteiger partial charge in [-0.25, -0.2) is 0 Å². The highest BCUT2D eigenvalue weighted by atomic mass is 35.5. The Bertz CT molecular complexity index is 485. The second kappa shape index (κ2) is 5.66. The average molecular weight is 249 g/mol. The van der Waals surface area contributed by atoms with E-state index in [1.165, 1.54) is 5.56 Å². The Kier molecular flexibility index (Phi) is 3.96. The zero-order valence-electron chi connectivity index (χ0n) is 9.27. The molecule has 1 heterocycles. The number of hydrogen-bond acceptors (Lipinski definition) is 3. The Morgan fingerprint density at radius 1 is 1.18 bits per heavy atom. The van der Waals surface area contributed by atoms with Crippen molar-refractivity contribution in [2.75, 3.05) is 6.54 Å². The highest BCUT2D eigenvalue weighted by Crippen LogP contribution is 2.27. The molecule has 0 bridgehead atoms. The molecule has 2 N–H and O–H groups in total. The lowest BCUT2D eigenvalue weighted by Gasteiger charge is -2.07. The van der Waals surface area contributed by atoms with Gasteiger partial charge in [0.05, 0.1) is 0 Å². The van der Waals surface area contributed by atoms with E-state index in [1.54, 1.807) is 18.5 Å². The smallest absolute Gasteiger partial charge is 0.149 e. The minimum absolute atomic E-state index is 0.499. The molecule has 0 atom stereocenters. The molecular formula is C13H13ClN2O. The first-order valence-corrected chi connectivity index (χ1v) is 5.74. The summed E-state index contributed by atoms with van der Waals surface area (Å²) in [6, 6.07) is 9.54. The van der Waals surface area contributed by atoms with Crippen molar-refractivity contribution in [2.24, 2.45) is 5.73 Å². The lowest BCUT2D eigenvalue weighted by Crippen LogP contribution is -2.02. The van der Waals surface area contributed by atoms with E-state index < -0.39 is 0 Å². The third-order valence-electron chi connectivity index (χ3n) is 2.32.